The number of hydrogen-bond donors (Lipinski definition) is 4. The number of hydrazine groups is 1. The molecular weight excluding hydrogens is 458 g/mol. The molecule has 9 nitrogen and oxygen atoms in total. The molecule has 0 unspecified atom stereocenters. The second-order valence-corrected chi connectivity index (χ2v) is 8.43. The fourth-order valence-electron chi connectivity index (χ4n) is 4.29. The SMILES string of the molecule is NN(C=O)CCC(=S)Nc1ccc2c(c1)C(=O)OC21c2ccc(O)cc2Oc2cc(O)ccc21. The van der Waals surface area contributed by atoms with Crippen LogP contribution in [0.1, 0.15) is 33.5 Å². The lowest BCUT2D eigenvalue weighted by atomic mass is 9.77. The first kappa shape index (κ1) is 21.7. The van der Waals surface area contributed by atoms with Crippen LogP contribution in [-0.2, 0) is 15.1 Å². The van der Waals surface area contributed by atoms with E-state index in [0.717, 1.165) is 5.01 Å². The second kappa shape index (κ2) is 8.01. The van der Waals surface area contributed by atoms with Gasteiger partial charge in [-0.05, 0) is 36.4 Å². The van der Waals surface area contributed by atoms with Crippen LogP contribution in [0.15, 0.2) is 54.6 Å². The number of amides is 1. The number of benzene rings is 3. The molecule has 172 valence electrons. The Kier molecular flexibility index (Phi) is 5.11. The molecule has 34 heavy (non-hydrogen) atoms. The van der Waals surface area contributed by atoms with Crippen molar-refractivity contribution in [2.75, 3.05) is 11.9 Å². The predicted molar refractivity (Wildman–Crippen MR) is 126 cm³/mol. The van der Waals surface area contributed by atoms with Crippen LogP contribution in [0.5, 0.6) is 23.0 Å². The number of hydrogen-bond acceptors (Lipinski definition) is 8. The lowest BCUT2D eigenvalue weighted by Crippen LogP contribution is -2.33. The normalized spacial score (nSPS) is 14.3. The zero-order chi connectivity index (χ0) is 24.0. The molecule has 3 aromatic rings. The number of nitrogens with zero attached hydrogens (tertiary/aromatic N) is 1. The van der Waals surface area contributed by atoms with Gasteiger partial charge in [-0.1, -0.05) is 18.3 Å². The Morgan fingerprint density at radius 2 is 1.65 bits per heavy atom. The van der Waals surface area contributed by atoms with Crippen molar-refractivity contribution in [2.45, 2.75) is 12.0 Å². The van der Waals surface area contributed by atoms with Gasteiger partial charge in [-0.25, -0.2) is 10.6 Å². The second-order valence-electron chi connectivity index (χ2n) is 7.94. The number of carbonyl (C=O) groups is 2. The van der Waals surface area contributed by atoms with Crippen LogP contribution in [0.3, 0.4) is 0 Å². The number of nitrogens with one attached hydrogen (secondary N) is 1. The van der Waals surface area contributed by atoms with E-state index in [0.29, 0.717) is 57.3 Å². The van der Waals surface area contributed by atoms with Crippen LogP contribution in [0, 0.1) is 0 Å². The molecule has 0 radical (unpaired) electrons. The first-order chi connectivity index (χ1) is 16.3. The number of phenols is 2. The fraction of sp³-hybridized carbons (Fsp3) is 0.125. The van der Waals surface area contributed by atoms with E-state index >= 15 is 0 Å². The molecular formula is C24H19N3O6S. The van der Waals surface area contributed by atoms with Gasteiger partial charge in [-0.15, -0.1) is 0 Å². The molecule has 5 rings (SSSR count). The molecule has 2 aliphatic heterocycles. The van der Waals surface area contributed by atoms with E-state index in [1.807, 2.05) is 0 Å². The first-order valence-electron chi connectivity index (χ1n) is 10.3. The third-order valence-corrected chi connectivity index (χ3v) is 6.10. The van der Waals surface area contributed by atoms with Crippen LogP contribution < -0.4 is 15.9 Å². The number of aromatic hydroxyl groups is 2. The van der Waals surface area contributed by atoms with E-state index in [9.17, 15) is 19.8 Å². The van der Waals surface area contributed by atoms with Crippen LogP contribution in [0.4, 0.5) is 5.69 Å². The standard InChI is InChI=1S/C24H19N3O6S/c25-27(12-28)8-7-22(34)26-13-1-4-17-16(9-13)23(31)33-24(17)18-5-2-14(29)10-20(18)32-21-11-15(30)3-6-19(21)24/h1-6,9-12,29-30H,7-8,25H2,(H,26,34). The van der Waals surface area contributed by atoms with Crippen molar-refractivity contribution in [2.24, 2.45) is 5.84 Å². The average molecular weight is 477 g/mol. The lowest BCUT2D eigenvalue weighted by Gasteiger charge is -2.36. The van der Waals surface area contributed by atoms with Crippen LogP contribution in [0.2, 0.25) is 0 Å². The quantitative estimate of drug-likeness (QED) is 0.109. The van der Waals surface area contributed by atoms with E-state index in [-0.39, 0.29) is 18.0 Å². The molecule has 0 atom stereocenters. The molecule has 5 N–H and O–H groups in total. The number of phenolic OH excluding ortho intramolecular Hbond substituents is 2. The summed E-state index contributed by atoms with van der Waals surface area (Å²) in [7, 11) is 0. The van der Waals surface area contributed by atoms with Crippen LogP contribution in [-0.4, -0.2) is 39.1 Å². The maximum absolute atomic E-state index is 13.1. The summed E-state index contributed by atoms with van der Waals surface area (Å²) in [5, 5.41) is 24.0. The van der Waals surface area contributed by atoms with Gasteiger partial charge in [-0.3, -0.25) is 9.80 Å². The van der Waals surface area contributed by atoms with Crippen molar-refractivity contribution in [1.82, 2.24) is 5.01 Å². The van der Waals surface area contributed by atoms with Gasteiger partial charge in [0.2, 0.25) is 6.41 Å². The van der Waals surface area contributed by atoms with Gasteiger partial charge in [0.1, 0.15) is 23.0 Å². The number of rotatable bonds is 5. The van der Waals surface area contributed by atoms with Gasteiger partial charge < -0.3 is 25.0 Å². The molecule has 2 aliphatic rings. The molecule has 0 saturated carbocycles. The highest BCUT2D eigenvalue weighted by Crippen LogP contribution is 2.57. The van der Waals surface area contributed by atoms with E-state index in [4.69, 9.17) is 27.5 Å². The number of nitrogens with two attached hydrogens (primary N) is 1. The van der Waals surface area contributed by atoms with E-state index in [1.54, 1.807) is 30.3 Å². The number of thiocarbonyl (C=S) groups is 1. The van der Waals surface area contributed by atoms with Crippen LogP contribution >= 0.6 is 12.2 Å². The van der Waals surface area contributed by atoms with Crippen molar-refractivity contribution in [3.63, 3.8) is 0 Å². The van der Waals surface area contributed by atoms with Gasteiger partial charge in [0, 0.05) is 47.5 Å². The van der Waals surface area contributed by atoms with Crippen LogP contribution in [0.25, 0.3) is 0 Å². The summed E-state index contributed by atoms with van der Waals surface area (Å²) in [4.78, 5) is 24.2. The lowest BCUT2D eigenvalue weighted by molar-refractivity contribution is -0.118. The topological polar surface area (TPSA) is 134 Å². The molecule has 3 aromatic carbocycles. The minimum Gasteiger partial charge on any atom is -0.508 e. The molecule has 0 bridgehead atoms. The minimum atomic E-state index is -1.32. The van der Waals surface area contributed by atoms with Crippen molar-refractivity contribution >= 4 is 35.3 Å². The number of fused-ring (bicyclic) bond motifs is 6. The van der Waals surface area contributed by atoms with Gasteiger partial charge >= 0.3 is 5.97 Å². The Bertz CT molecular complexity index is 1310. The summed E-state index contributed by atoms with van der Waals surface area (Å²) in [5.41, 5.74) is 1.27. The highest BCUT2D eigenvalue weighted by atomic mass is 32.1. The van der Waals surface area contributed by atoms with Gasteiger partial charge in [0.15, 0.2) is 5.60 Å². The van der Waals surface area contributed by atoms with Gasteiger partial charge in [0.25, 0.3) is 0 Å². The summed E-state index contributed by atoms with van der Waals surface area (Å²) >= 11 is 5.32. The maximum Gasteiger partial charge on any atom is 0.340 e. The maximum atomic E-state index is 13.1. The Hall–Kier alpha value is -4.15. The molecule has 10 heteroatoms. The number of carbonyl (C=O) groups excluding carboxylic acids is 2. The van der Waals surface area contributed by atoms with Gasteiger partial charge in [-0.2, -0.15) is 0 Å². The highest BCUT2D eigenvalue weighted by Gasteiger charge is 2.53. The monoisotopic (exact) mass is 477 g/mol. The molecule has 0 aliphatic carbocycles. The number of anilines is 1. The Morgan fingerprint density at radius 3 is 2.26 bits per heavy atom. The number of esters is 1. The molecule has 0 saturated heterocycles. The zero-order valence-corrected chi connectivity index (χ0v) is 18.5. The fourth-order valence-corrected chi connectivity index (χ4v) is 4.50. The summed E-state index contributed by atoms with van der Waals surface area (Å²) in [6.07, 6.45) is 0.859. The first-order valence-corrected chi connectivity index (χ1v) is 10.7. The summed E-state index contributed by atoms with van der Waals surface area (Å²) in [6.45, 7) is 0.249. The van der Waals surface area contributed by atoms with Crippen molar-refractivity contribution in [1.29, 1.82) is 0 Å². The zero-order valence-electron chi connectivity index (χ0n) is 17.6. The molecule has 2 heterocycles. The largest absolute Gasteiger partial charge is 0.508 e. The summed E-state index contributed by atoms with van der Waals surface area (Å²) in [6, 6.07) is 14.3. The van der Waals surface area contributed by atoms with Crippen molar-refractivity contribution in [3.8, 4) is 23.0 Å². The average Bonchev–Trinajstić information content (AvgIpc) is 3.09. The third kappa shape index (κ3) is 3.40. The van der Waals surface area contributed by atoms with Crippen molar-refractivity contribution < 1.29 is 29.3 Å². The molecule has 0 aromatic heterocycles. The highest BCUT2D eigenvalue weighted by molar-refractivity contribution is 7.80. The molecule has 1 spiro atoms. The molecule has 1 amide bonds. The van der Waals surface area contributed by atoms with E-state index in [1.165, 1.54) is 24.3 Å². The Balaban J connectivity index is 1.58. The third-order valence-electron chi connectivity index (χ3n) is 5.79. The Morgan fingerprint density at radius 1 is 1.03 bits per heavy atom. The predicted octanol–water partition coefficient (Wildman–Crippen LogP) is 3.13. The van der Waals surface area contributed by atoms with E-state index < -0.39 is 11.6 Å². The van der Waals surface area contributed by atoms with Gasteiger partial charge in [0.05, 0.1) is 10.6 Å². The molecule has 0 fully saturated rings. The smallest absolute Gasteiger partial charge is 0.340 e. The summed E-state index contributed by atoms with van der Waals surface area (Å²) < 4.78 is 12.0. The number of ether oxygens (including phenoxy) is 2. The Labute approximate surface area is 199 Å². The summed E-state index contributed by atoms with van der Waals surface area (Å²) in [5.74, 6) is 5.51. The van der Waals surface area contributed by atoms with Crippen molar-refractivity contribution in [3.05, 3.63) is 76.9 Å². The van der Waals surface area contributed by atoms with E-state index in [2.05, 4.69) is 5.32 Å². The minimum absolute atomic E-state index is 0.0132.